The van der Waals surface area contributed by atoms with E-state index >= 15 is 0 Å². The topological polar surface area (TPSA) is 45.5 Å². The van der Waals surface area contributed by atoms with Crippen LogP contribution >= 0.6 is 22.9 Å². The van der Waals surface area contributed by atoms with Gasteiger partial charge in [0, 0.05) is 10.9 Å². The van der Waals surface area contributed by atoms with Crippen LogP contribution in [0.1, 0.15) is 23.5 Å². The van der Waals surface area contributed by atoms with E-state index in [0.29, 0.717) is 19.1 Å². The number of carbonyl (C=O) groups is 1. The summed E-state index contributed by atoms with van der Waals surface area (Å²) >= 11 is 7.36. The minimum absolute atomic E-state index is 0.0478. The maximum Gasteiger partial charge on any atom is 0.318 e. The summed E-state index contributed by atoms with van der Waals surface area (Å²) in [5.41, 5.74) is 0. The first-order chi connectivity index (χ1) is 9.72. The molecule has 0 unspecified atom stereocenters. The second kappa shape index (κ2) is 5.89. The molecule has 1 aliphatic carbocycles. The Morgan fingerprint density at radius 1 is 1.45 bits per heavy atom. The van der Waals surface area contributed by atoms with Gasteiger partial charge in [-0.1, -0.05) is 11.6 Å². The first-order valence-corrected chi connectivity index (χ1v) is 7.73. The molecule has 4 nitrogen and oxygen atoms in total. The first kappa shape index (κ1) is 13.5. The second-order valence-corrected chi connectivity index (χ2v) is 6.60. The van der Waals surface area contributed by atoms with E-state index in [1.807, 2.05) is 29.2 Å². The highest BCUT2D eigenvalue weighted by molar-refractivity contribution is 7.16. The molecule has 106 valence electrons. The van der Waals surface area contributed by atoms with Crippen molar-refractivity contribution in [2.24, 2.45) is 0 Å². The lowest BCUT2D eigenvalue weighted by atomic mass is 10.4. The number of rotatable bonds is 5. The van der Waals surface area contributed by atoms with Crippen LogP contribution in [0.15, 0.2) is 34.9 Å². The Hall–Kier alpha value is -1.46. The van der Waals surface area contributed by atoms with Crippen molar-refractivity contribution in [1.29, 1.82) is 0 Å². The predicted octanol–water partition coefficient (Wildman–Crippen LogP) is 3.87. The van der Waals surface area contributed by atoms with E-state index in [2.05, 4.69) is 5.32 Å². The van der Waals surface area contributed by atoms with Gasteiger partial charge in [0.2, 0.25) is 0 Å². The van der Waals surface area contributed by atoms with Crippen molar-refractivity contribution in [3.8, 4) is 0 Å². The minimum Gasteiger partial charge on any atom is -0.467 e. The molecule has 0 aromatic carbocycles. The van der Waals surface area contributed by atoms with Crippen LogP contribution in [0.2, 0.25) is 4.34 Å². The number of nitrogens with zero attached hydrogens (tertiary/aromatic N) is 1. The number of thiophene rings is 1. The first-order valence-electron chi connectivity index (χ1n) is 6.53. The van der Waals surface area contributed by atoms with Crippen LogP contribution in [0.4, 0.5) is 4.79 Å². The molecule has 1 aliphatic rings. The molecule has 0 bridgehead atoms. The number of urea groups is 1. The molecule has 1 fully saturated rings. The fraction of sp³-hybridized carbons (Fsp3) is 0.357. The standard InChI is InChI=1S/C14H15ClN2O2S/c15-13-6-5-12(20-13)8-16-14(18)17(10-3-4-10)9-11-2-1-7-19-11/h1-2,5-7,10H,3-4,8-9H2,(H,16,18). The summed E-state index contributed by atoms with van der Waals surface area (Å²) in [5, 5.41) is 2.94. The Bertz CT molecular complexity index is 578. The van der Waals surface area contributed by atoms with Gasteiger partial charge in [-0.15, -0.1) is 11.3 Å². The Labute approximate surface area is 126 Å². The van der Waals surface area contributed by atoms with Crippen LogP contribution in [-0.2, 0) is 13.1 Å². The fourth-order valence-corrected chi connectivity index (χ4v) is 3.06. The summed E-state index contributed by atoms with van der Waals surface area (Å²) in [6.45, 7) is 1.03. The van der Waals surface area contributed by atoms with Gasteiger partial charge in [-0.25, -0.2) is 4.79 Å². The lowest BCUT2D eigenvalue weighted by Crippen LogP contribution is -2.40. The van der Waals surface area contributed by atoms with Crippen molar-refractivity contribution < 1.29 is 9.21 Å². The average molecular weight is 311 g/mol. The van der Waals surface area contributed by atoms with Gasteiger partial charge in [0.15, 0.2) is 0 Å². The van der Waals surface area contributed by atoms with E-state index in [0.717, 1.165) is 27.8 Å². The van der Waals surface area contributed by atoms with Crippen LogP contribution in [0, 0.1) is 0 Å². The van der Waals surface area contributed by atoms with E-state index in [1.165, 1.54) is 11.3 Å². The molecule has 2 aromatic heterocycles. The number of furan rings is 1. The molecule has 0 atom stereocenters. The third-order valence-electron chi connectivity index (χ3n) is 3.20. The molecule has 0 saturated heterocycles. The zero-order valence-corrected chi connectivity index (χ0v) is 12.4. The zero-order valence-electron chi connectivity index (χ0n) is 10.8. The summed E-state index contributed by atoms with van der Waals surface area (Å²) in [5.74, 6) is 0.811. The number of hydrogen-bond donors (Lipinski definition) is 1. The number of hydrogen-bond acceptors (Lipinski definition) is 3. The van der Waals surface area contributed by atoms with E-state index in [-0.39, 0.29) is 6.03 Å². The van der Waals surface area contributed by atoms with Gasteiger partial charge in [0.1, 0.15) is 5.76 Å². The number of amides is 2. The van der Waals surface area contributed by atoms with Crippen molar-refractivity contribution >= 4 is 29.0 Å². The molecule has 2 aromatic rings. The van der Waals surface area contributed by atoms with Gasteiger partial charge in [-0.2, -0.15) is 0 Å². The zero-order chi connectivity index (χ0) is 13.9. The lowest BCUT2D eigenvalue weighted by molar-refractivity contribution is 0.186. The third-order valence-corrected chi connectivity index (χ3v) is 4.43. The van der Waals surface area contributed by atoms with Crippen molar-refractivity contribution in [2.45, 2.75) is 32.0 Å². The molecule has 1 N–H and O–H groups in total. The number of nitrogens with one attached hydrogen (secondary N) is 1. The van der Waals surface area contributed by atoms with Crippen molar-refractivity contribution in [3.63, 3.8) is 0 Å². The normalized spacial score (nSPS) is 14.2. The fourth-order valence-electron chi connectivity index (χ4n) is 2.03. The summed E-state index contributed by atoms with van der Waals surface area (Å²) in [7, 11) is 0. The molecule has 0 aliphatic heterocycles. The largest absolute Gasteiger partial charge is 0.467 e. The van der Waals surface area contributed by atoms with E-state index in [9.17, 15) is 4.79 Å². The highest BCUT2D eigenvalue weighted by Crippen LogP contribution is 2.28. The molecular weight excluding hydrogens is 296 g/mol. The Morgan fingerprint density at radius 2 is 2.30 bits per heavy atom. The lowest BCUT2D eigenvalue weighted by Gasteiger charge is -2.21. The van der Waals surface area contributed by atoms with Crippen molar-refractivity contribution in [3.05, 3.63) is 45.5 Å². The minimum atomic E-state index is -0.0478. The van der Waals surface area contributed by atoms with E-state index in [4.69, 9.17) is 16.0 Å². The molecule has 20 heavy (non-hydrogen) atoms. The van der Waals surface area contributed by atoms with Gasteiger partial charge >= 0.3 is 6.03 Å². The summed E-state index contributed by atoms with van der Waals surface area (Å²) in [6, 6.07) is 7.80. The number of halogens is 1. The number of carbonyl (C=O) groups excluding carboxylic acids is 1. The smallest absolute Gasteiger partial charge is 0.318 e. The summed E-state index contributed by atoms with van der Waals surface area (Å²) in [4.78, 5) is 15.2. The predicted molar refractivity (Wildman–Crippen MR) is 78.8 cm³/mol. The van der Waals surface area contributed by atoms with E-state index in [1.54, 1.807) is 6.26 Å². The Balaban J connectivity index is 1.58. The maximum absolute atomic E-state index is 12.3. The molecule has 2 heterocycles. The molecule has 2 amide bonds. The molecule has 3 rings (SSSR count). The van der Waals surface area contributed by atoms with Gasteiger partial charge in [0.05, 0.1) is 23.7 Å². The van der Waals surface area contributed by atoms with Gasteiger partial charge in [-0.3, -0.25) is 0 Å². The van der Waals surface area contributed by atoms with Crippen molar-refractivity contribution in [1.82, 2.24) is 10.2 Å². The van der Waals surface area contributed by atoms with Gasteiger partial charge in [-0.05, 0) is 37.1 Å². The average Bonchev–Trinajstić information content (AvgIpc) is 2.97. The summed E-state index contributed by atoms with van der Waals surface area (Å²) in [6.07, 6.45) is 3.77. The SMILES string of the molecule is O=C(NCc1ccc(Cl)s1)N(Cc1ccco1)C1CC1. The van der Waals surface area contributed by atoms with Crippen molar-refractivity contribution in [2.75, 3.05) is 0 Å². The van der Waals surface area contributed by atoms with Gasteiger partial charge < -0.3 is 14.6 Å². The molecule has 0 spiro atoms. The molecule has 1 saturated carbocycles. The Morgan fingerprint density at radius 3 is 2.90 bits per heavy atom. The highest BCUT2D eigenvalue weighted by atomic mass is 35.5. The van der Waals surface area contributed by atoms with Crippen LogP contribution in [0.3, 0.4) is 0 Å². The monoisotopic (exact) mass is 310 g/mol. The summed E-state index contributed by atoms with van der Waals surface area (Å²) < 4.78 is 6.06. The molecule has 0 radical (unpaired) electrons. The van der Waals surface area contributed by atoms with Crippen LogP contribution in [0.5, 0.6) is 0 Å². The third kappa shape index (κ3) is 3.35. The van der Waals surface area contributed by atoms with Crippen LogP contribution in [0.25, 0.3) is 0 Å². The molecular formula is C14H15ClN2O2S. The van der Waals surface area contributed by atoms with Gasteiger partial charge in [0.25, 0.3) is 0 Å². The van der Waals surface area contributed by atoms with E-state index < -0.39 is 0 Å². The maximum atomic E-state index is 12.3. The highest BCUT2D eigenvalue weighted by Gasteiger charge is 2.33. The molecule has 6 heteroatoms. The second-order valence-electron chi connectivity index (χ2n) is 4.80. The Kier molecular flexibility index (Phi) is 3.98. The van der Waals surface area contributed by atoms with Crippen LogP contribution < -0.4 is 5.32 Å². The quantitative estimate of drug-likeness (QED) is 0.911. The van der Waals surface area contributed by atoms with Crippen LogP contribution in [-0.4, -0.2) is 17.0 Å².